The van der Waals surface area contributed by atoms with Crippen molar-refractivity contribution in [3.63, 3.8) is 0 Å². The molecule has 0 atom stereocenters. The van der Waals surface area contributed by atoms with Crippen LogP contribution in [-0.2, 0) is 0 Å². The summed E-state index contributed by atoms with van der Waals surface area (Å²) in [5.74, 6) is 0.0824. The zero-order chi connectivity index (χ0) is 8.55. The summed E-state index contributed by atoms with van der Waals surface area (Å²) in [7, 11) is 0. The van der Waals surface area contributed by atoms with Crippen LogP contribution in [0.2, 0.25) is 0 Å². The molecule has 0 aliphatic carbocycles. The fourth-order valence-electron chi connectivity index (χ4n) is 1.05. The van der Waals surface area contributed by atoms with Crippen LogP contribution in [0.4, 0.5) is 0 Å². The molecule has 0 saturated heterocycles. The van der Waals surface area contributed by atoms with Crippen molar-refractivity contribution in [1.29, 1.82) is 5.26 Å². The van der Waals surface area contributed by atoms with Gasteiger partial charge in [-0.3, -0.25) is 0 Å². The third kappa shape index (κ3) is 0.805. The maximum absolute atomic E-state index is 9.29. The summed E-state index contributed by atoms with van der Waals surface area (Å²) in [6.45, 7) is 0. The van der Waals surface area contributed by atoms with Crippen molar-refractivity contribution in [2.24, 2.45) is 0 Å². The number of hydrogen-bond donors (Lipinski definition) is 1. The first-order chi connectivity index (χ1) is 5.81. The first-order valence-electron chi connectivity index (χ1n) is 3.38. The zero-order valence-electron chi connectivity index (χ0n) is 6.10. The molecule has 12 heavy (non-hydrogen) atoms. The molecule has 2 rings (SSSR count). The minimum atomic E-state index is 0.0824. The van der Waals surface area contributed by atoms with Gasteiger partial charge in [-0.1, -0.05) is 0 Å². The molecule has 2 aromatic heterocycles. The average molecular weight is 159 g/mol. The number of rotatable bonds is 0. The number of aromatic hydroxyl groups is 1. The van der Waals surface area contributed by atoms with Gasteiger partial charge in [-0.25, -0.2) is 4.98 Å². The molecule has 0 radical (unpaired) electrons. The number of imidazole rings is 1. The summed E-state index contributed by atoms with van der Waals surface area (Å²) in [6, 6.07) is 5.12. The van der Waals surface area contributed by atoms with Crippen LogP contribution in [0.25, 0.3) is 5.65 Å². The Morgan fingerprint density at radius 3 is 3.08 bits per heavy atom. The molecular weight excluding hydrogens is 154 g/mol. The van der Waals surface area contributed by atoms with Crippen molar-refractivity contribution in [1.82, 2.24) is 9.38 Å². The number of hydrogen-bond acceptors (Lipinski definition) is 3. The Hall–Kier alpha value is -2.02. The van der Waals surface area contributed by atoms with Gasteiger partial charge in [-0.15, -0.1) is 0 Å². The summed E-state index contributed by atoms with van der Waals surface area (Å²) >= 11 is 0. The highest BCUT2D eigenvalue weighted by Gasteiger charge is 2.02. The third-order valence-electron chi connectivity index (χ3n) is 1.58. The second-order valence-electron chi connectivity index (χ2n) is 2.36. The van der Waals surface area contributed by atoms with Gasteiger partial charge >= 0.3 is 0 Å². The van der Waals surface area contributed by atoms with E-state index in [2.05, 4.69) is 4.98 Å². The maximum Gasteiger partial charge on any atom is 0.180 e. The molecule has 1 N–H and O–H groups in total. The molecule has 2 aromatic rings. The van der Waals surface area contributed by atoms with Gasteiger partial charge in [0.2, 0.25) is 0 Å². The van der Waals surface area contributed by atoms with E-state index in [0.717, 1.165) is 0 Å². The van der Waals surface area contributed by atoms with Crippen LogP contribution >= 0.6 is 0 Å². The number of aromatic nitrogens is 2. The Labute approximate surface area is 68.3 Å². The van der Waals surface area contributed by atoms with Gasteiger partial charge in [0.1, 0.15) is 6.07 Å². The van der Waals surface area contributed by atoms with Gasteiger partial charge in [0, 0.05) is 12.4 Å². The van der Waals surface area contributed by atoms with Crippen molar-refractivity contribution >= 4 is 5.65 Å². The molecule has 0 aliphatic heterocycles. The summed E-state index contributed by atoms with van der Waals surface area (Å²) in [6.07, 6.45) is 3.29. The largest absolute Gasteiger partial charge is 0.504 e. The highest BCUT2D eigenvalue weighted by atomic mass is 16.3. The lowest BCUT2D eigenvalue weighted by molar-refractivity contribution is 0.477. The van der Waals surface area contributed by atoms with E-state index in [9.17, 15) is 5.11 Å². The van der Waals surface area contributed by atoms with E-state index < -0.39 is 0 Å². The third-order valence-corrected chi connectivity index (χ3v) is 1.58. The Morgan fingerprint density at radius 2 is 2.42 bits per heavy atom. The van der Waals surface area contributed by atoms with Gasteiger partial charge in [0.05, 0.1) is 0 Å². The van der Waals surface area contributed by atoms with E-state index >= 15 is 0 Å². The molecule has 0 amide bonds. The number of fused-ring (bicyclic) bond motifs is 1. The van der Waals surface area contributed by atoms with Gasteiger partial charge in [0.25, 0.3) is 0 Å². The van der Waals surface area contributed by atoms with E-state index in [0.29, 0.717) is 11.3 Å². The van der Waals surface area contributed by atoms with Crippen LogP contribution in [-0.4, -0.2) is 14.5 Å². The molecule has 0 saturated carbocycles. The first-order valence-corrected chi connectivity index (χ1v) is 3.38. The molecule has 0 fully saturated rings. The zero-order valence-corrected chi connectivity index (χ0v) is 6.10. The van der Waals surface area contributed by atoms with E-state index in [1.54, 1.807) is 22.9 Å². The molecule has 2 heterocycles. The van der Waals surface area contributed by atoms with Crippen LogP contribution in [0.15, 0.2) is 24.5 Å². The maximum atomic E-state index is 9.29. The summed E-state index contributed by atoms with van der Waals surface area (Å²) in [5, 5.41) is 17.8. The van der Waals surface area contributed by atoms with Crippen molar-refractivity contribution in [2.75, 3.05) is 0 Å². The van der Waals surface area contributed by atoms with E-state index in [4.69, 9.17) is 5.26 Å². The number of pyridine rings is 1. The summed E-state index contributed by atoms with van der Waals surface area (Å²) in [5.41, 5.74) is 0.713. The Morgan fingerprint density at radius 1 is 1.58 bits per heavy atom. The standard InChI is InChI=1S/C8H5N3O/c9-4-6-5-11-3-1-2-7(12)8(11)10-6/h1-3,5,12H. The normalized spacial score (nSPS) is 9.92. The molecule has 0 aromatic carbocycles. The molecule has 0 unspecified atom stereocenters. The van der Waals surface area contributed by atoms with Crippen LogP contribution < -0.4 is 0 Å². The number of nitrogens with zero attached hydrogens (tertiary/aromatic N) is 3. The minimum absolute atomic E-state index is 0.0824. The number of nitriles is 1. The lowest BCUT2D eigenvalue weighted by atomic mass is 10.4. The Kier molecular flexibility index (Phi) is 1.25. The molecule has 4 nitrogen and oxygen atoms in total. The highest BCUT2D eigenvalue weighted by molar-refractivity contribution is 5.54. The molecule has 0 aliphatic rings. The summed E-state index contributed by atoms with van der Waals surface area (Å²) in [4.78, 5) is 3.88. The van der Waals surface area contributed by atoms with Crippen LogP contribution in [0.3, 0.4) is 0 Å². The second kappa shape index (κ2) is 2.24. The lowest BCUT2D eigenvalue weighted by Gasteiger charge is -1.92. The van der Waals surface area contributed by atoms with Crippen LogP contribution in [0, 0.1) is 11.3 Å². The quantitative estimate of drug-likeness (QED) is 0.621. The predicted molar refractivity (Wildman–Crippen MR) is 41.6 cm³/mol. The van der Waals surface area contributed by atoms with Gasteiger partial charge in [-0.05, 0) is 12.1 Å². The lowest BCUT2D eigenvalue weighted by Crippen LogP contribution is -1.80. The Balaban J connectivity index is 2.85. The summed E-state index contributed by atoms with van der Waals surface area (Å²) < 4.78 is 1.61. The van der Waals surface area contributed by atoms with Crippen molar-refractivity contribution in [3.05, 3.63) is 30.2 Å². The SMILES string of the molecule is N#Cc1cn2cccc(O)c2n1. The van der Waals surface area contributed by atoms with Gasteiger partial charge < -0.3 is 9.51 Å². The second-order valence-corrected chi connectivity index (χ2v) is 2.36. The monoisotopic (exact) mass is 159 g/mol. The smallest absolute Gasteiger partial charge is 0.180 e. The van der Waals surface area contributed by atoms with Crippen LogP contribution in [0.5, 0.6) is 5.75 Å². The molecule has 4 heteroatoms. The molecule has 0 spiro atoms. The van der Waals surface area contributed by atoms with Gasteiger partial charge in [-0.2, -0.15) is 5.26 Å². The highest BCUT2D eigenvalue weighted by Crippen LogP contribution is 2.15. The van der Waals surface area contributed by atoms with Crippen molar-refractivity contribution in [2.45, 2.75) is 0 Å². The topological polar surface area (TPSA) is 61.3 Å². The van der Waals surface area contributed by atoms with Gasteiger partial charge in [0.15, 0.2) is 17.1 Å². The van der Waals surface area contributed by atoms with E-state index in [-0.39, 0.29) is 5.75 Å². The fourth-order valence-corrected chi connectivity index (χ4v) is 1.05. The molecule has 58 valence electrons. The average Bonchev–Trinajstić information content (AvgIpc) is 2.49. The van der Waals surface area contributed by atoms with Crippen molar-refractivity contribution < 1.29 is 5.11 Å². The molecule has 0 bridgehead atoms. The minimum Gasteiger partial charge on any atom is -0.504 e. The fraction of sp³-hybridized carbons (Fsp3) is 0. The van der Waals surface area contributed by atoms with E-state index in [1.165, 1.54) is 6.07 Å². The van der Waals surface area contributed by atoms with Crippen molar-refractivity contribution in [3.8, 4) is 11.8 Å². The first kappa shape index (κ1) is 6.68. The molecular formula is C8H5N3O. The predicted octanol–water partition coefficient (Wildman–Crippen LogP) is 0.912. The Bertz CT molecular complexity index is 467. The van der Waals surface area contributed by atoms with Crippen LogP contribution in [0.1, 0.15) is 5.69 Å². The van der Waals surface area contributed by atoms with E-state index in [1.807, 2.05) is 6.07 Å².